The summed E-state index contributed by atoms with van der Waals surface area (Å²) in [6, 6.07) is 12.7. The first-order chi connectivity index (χ1) is 11.4. The Bertz CT molecular complexity index is 828. The molecule has 0 bridgehead atoms. The number of sulfone groups is 1. The van der Waals surface area contributed by atoms with Crippen molar-refractivity contribution < 1.29 is 18.6 Å². The Hall–Kier alpha value is -1.11. The van der Waals surface area contributed by atoms with E-state index in [1.165, 1.54) is 24.3 Å². The van der Waals surface area contributed by atoms with Crippen molar-refractivity contribution in [1.82, 2.24) is 0 Å². The van der Waals surface area contributed by atoms with Crippen LogP contribution >= 0.6 is 23.2 Å². The van der Waals surface area contributed by atoms with Crippen LogP contribution in [-0.4, -0.2) is 37.1 Å². The molecule has 2 aromatic rings. The first kappa shape index (κ1) is 17.7. The number of hydrogen-bond donors (Lipinski definition) is 2. The van der Waals surface area contributed by atoms with Gasteiger partial charge in [-0.1, -0.05) is 35.3 Å². The smallest absolute Gasteiger partial charge is 0.182 e. The minimum absolute atomic E-state index is 0.125. The molecule has 2 N–H and O–H groups in total. The fourth-order valence-corrected chi connectivity index (χ4v) is 6.00. The van der Waals surface area contributed by atoms with Crippen LogP contribution < -0.4 is 0 Å². The number of aliphatic hydroxyl groups excluding tert-OH is 2. The summed E-state index contributed by atoms with van der Waals surface area (Å²) in [7, 11) is -3.73. The maximum Gasteiger partial charge on any atom is 0.182 e. The molecule has 24 heavy (non-hydrogen) atoms. The predicted molar refractivity (Wildman–Crippen MR) is 93.2 cm³/mol. The molecule has 0 saturated heterocycles. The molecule has 2 atom stereocenters. The first-order valence-electron chi connectivity index (χ1n) is 7.33. The van der Waals surface area contributed by atoms with Crippen molar-refractivity contribution in [3.8, 4) is 0 Å². The third kappa shape index (κ3) is 2.74. The van der Waals surface area contributed by atoms with Gasteiger partial charge in [0.1, 0.15) is 0 Å². The quantitative estimate of drug-likeness (QED) is 0.828. The number of aliphatic hydroxyl groups is 2. The predicted octanol–water partition coefficient (Wildman–Crippen LogP) is 2.90. The highest BCUT2D eigenvalue weighted by Crippen LogP contribution is 2.63. The molecule has 0 heterocycles. The second-order valence-electron chi connectivity index (χ2n) is 6.00. The number of rotatable bonds is 5. The molecule has 0 amide bonds. The van der Waals surface area contributed by atoms with E-state index in [-0.39, 0.29) is 4.90 Å². The fraction of sp³-hybridized carbons (Fsp3) is 0.294. The number of benzene rings is 2. The minimum Gasteiger partial charge on any atom is -0.396 e. The van der Waals surface area contributed by atoms with Crippen LogP contribution in [0.2, 0.25) is 10.0 Å². The van der Waals surface area contributed by atoms with Crippen molar-refractivity contribution in [2.24, 2.45) is 5.41 Å². The number of halogens is 2. The van der Waals surface area contributed by atoms with Gasteiger partial charge in [-0.15, -0.1) is 0 Å². The van der Waals surface area contributed by atoms with E-state index in [0.717, 1.165) is 5.56 Å². The van der Waals surface area contributed by atoms with Crippen LogP contribution in [0, 0.1) is 5.41 Å². The summed E-state index contributed by atoms with van der Waals surface area (Å²) >= 11 is 11.7. The monoisotopic (exact) mass is 386 g/mol. The zero-order valence-electron chi connectivity index (χ0n) is 12.6. The summed E-state index contributed by atoms with van der Waals surface area (Å²) in [6.07, 6.45) is 0. The molecular weight excluding hydrogens is 371 g/mol. The summed E-state index contributed by atoms with van der Waals surface area (Å²) in [5.74, 6) is -0.495. The zero-order valence-corrected chi connectivity index (χ0v) is 14.9. The van der Waals surface area contributed by atoms with E-state index in [1.54, 1.807) is 24.3 Å². The molecule has 7 heteroatoms. The highest BCUT2D eigenvalue weighted by molar-refractivity contribution is 7.92. The Morgan fingerprint density at radius 2 is 1.33 bits per heavy atom. The molecule has 3 rings (SSSR count). The maximum atomic E-state index is 13.0. The van der Waals surface area contributed by atoms with Gasteiger partial charge in [0.2, 0.25) is 0 Å². The SMILES string of the molecule is O=S(=O)(c1ccc(Cl)cc1)C1C(c2ccc(Cl)cc2)C1(CO)CO. The average Bonchev–Trinajstić information content (AvgIpc) is 3.26. The van der Waals surface area contributed by atoms with Gasteiger partial charge in [-0.3, -0.25) is 0 Å². The largest absolute Gasteiger partial charge is 0.396 e. The van der Waals surface area contributed by atoms with Crippen molar-refractivity contribution in [2.75, 3.05) is 13.2 Å². The van der Waals surface area contributed by atoms with Gasteiger partial charge in [0.15, 0.2) is 9.84 Å². The van der Waals surface area contributed by atoms with Crippen LogP contribution in [0.15, 0.2) is 53.4 Å². The van der Waals surface area contributed by atoms with Gasteiger partial charge in [0.05, 0.1) is 23.4 Å². The molecule has 0 aliphatic heterocycles. The number of hydrogen-bond acceptors (Lipinski definition) is 4. The standard InChI is InChI=1S/C17H16Cl2O4S/c18-12-3-1-11(2-4-12)15-16(17(15,9-20)10-21)24(22,23)14-7-5-13(19)6-8-14/h1-8,15-16,20-21H,9-10H2. The van der Waals surface area contributed by atoms with Gasteiger partial charge < -0.3 is 10.2 Å². The Kier molecular flexibility index (Phi) is 4.66. The van der Waals surface area contributed by atoms with Crippen LogP contribution in [-0.2, 0) is 9.84 Å². The molecule has 2 unspecified atom stereocenters. The van der Waals surface area contributed by atoms with Crippen LogP contribution in [0.5, 0.6) is 0 Å². The van der Waals surface area contributed by atoms with Crippen molar-refractivity contribution in [3.05, 3.63) is 64.1 Å². The van der Waals surface area contributed by atoms with E-state index in [0.29, 0.717) is 10.0 Å². The van der Waals surface area contributed by atoms with Crippen LogP contribution in [0.4, 0.5) is 0 Å². The Labute approximate surface area is 150 Å². The van der Waals surface area contributed by atoms with E-state index >= 15 is 0 Å². The van der Waals surface area contributed by atoms with Gasteiger partial charge in [-0.2, -0.15) is 0 Å². The van der Waals surface area contributed by atoms with Crippen molar-refractivity contribution >= 4 is 33.0 Å². The highest BCUT2D eigenvalue weighted by Gasteiger charge is 2.70. The van der Waals surface area contributed by atoms with E-state index in [1.807, 2.05) is 0 Å². The summed E-state index contributed by atoms with van der Waals surface area (Å²) in [5.41, 5.74) is -0.378. The molecule has 1 fully saturated rings. The molecule has 128 valence electrons. The van der Waals surface area contributed by atoms with Gasteiger partial charge >= 0.3 is 0 Å². The van der Waals surface area contributed by atoms with Gasteiger partial charge in [-0.05, 0) is 42.0 Å². The lowest BCUT2D eigenvalue weighted by molar-refractivity contribution is 0.130. The lowest BCUT2D eigenvalue weighted by atomic mass is 10.0. The van der Waals surface area contributed by atoms with Crippen molar-refractivity contribution in [1.29, 1.82) is 0 Å². The lowest BCUT2D eigenvalue weighted by Crippen LogP contribution is -2.23. The third-order valence-corrected chi connectivity index (χ3v) is 7.52. The van der Waals surface area contributed by atoms with Gasteiger partial charge in [-0.25, -0.2) is 8.42 Å². The molecule has 0 aromatic heterocycles. The topological polar surface area (TPSA) is 74.6 Å². The second-order valence-corrected chi connectivity index (χ2v) is 8.94. The maximum absolute atomic E-state index is 13.0. The Balaban J connectivity index is 2.04. The summed E-state index contributed by atoms with van der Waals surface area (Å²) in [4.78, 5) is 0.125. The second kappa shape index (κ2) is 6.32. The Morgan fingerprint density at radius 3 is 1.79 bits per heavy atom. The molecule has 2 aromatic carbocycles. The average molecular weight is 387 g/mol. The Morgan fingerprint density at radius 1 is 0.875 bits per heavy atom. The molecule has 1 aliphatic rings. The molecule has 1 aliphatic carbocycles. The molecule has 0 spiro atoms. The van der Waals surface area contributed by atoms with Crippen LogP contribution in [0.3, 0.4) is 0 Å². The molecule has 4 nitrogen and oxygen atoms in total. The molecule has 0 radical (unpaired) electrons. The van der Waals surface area contributed by atoms with E-state index in [9.17, 15) is 18.6 Å². The minimum atomic E-state index is -3.73. The summed E-state index contributed by atoms with van der Waals surface area (Å²) in [5, 5.41) is 19.7. The first-order valence-corrected chi connectivity index (χ1v) is 9.64. The van der Waals surface area contributed by atoms with Crippen LogP contribution in [0.1, 0.15) is 11.5 Å². The third-order valence-electron chi connectivity index (χ3n) is 4.67. The normalized spacial score (nSPS) is 22.3. The fourth-order valence-electron chi connectivity index (χ4n) is 3.32. The van der Waals surface area contributed by atoms with Crippen LogP contribution in [0.25, 0.3) is 0 Å². The summed E-state index contributed by atoms with van der Waals surface area (Å²) in [6.45, 7) is -0.845. The van der Waals surface area contributed by atoms with Crippen molar-refractivity contribution in [3.63, 3.8) is 0 Å². The molecular formula is C17H16Cl2O4S. The van der Waals surface area contributed by atoms with Gasteiger partial charge in [0, 0.05) is 21.4 Å². The highest BCUT2D eigenvalue weighted by atomic mass is 35.5. The zero-order chi connectivity index (χ0) is 17.5. The summed E-state index contributed by atoms with van der Waals surface area (Å²) < 4.78 is 26.0. The van der Waals surface area contributed by atoms with E-state index < -0.39 is 39.6 Å². The van der Waals surface area contributed by atoms with Gasteiger partial charge in [0.25, 0.3) is 0 Å². The lowest BCUT2D eigenvalue weighted by Gasteiger charge is -2.11. The van der Waals surface area contributed by atoms with E-state index in [4.69, 9.17) is 23.2 Å². The molecule has 1 saturated carbocycles. The van der Waals surface area contributed by atoms with E-state index in [2.05, 4.69) is 0 Å². The van der Waals surface area contributed by atoms with Crippen molar-refractivity contribution in [2.45, 2.75) is 16.1 Å².